The third kappa shape index (κ3) is 1.15. The van der Waals surface area contributed by atoms with Crippen molar-refractivity contribution in [1.82, 2.24) is 4.98 Å². The number of H-pyrrole nitrogens is 1. The van der Waals surface area contributed by atoms with Crippen LogP contribution in [0.4, 0.5) is 5.69 Å². The van der Waals surface area contributed by atoms with Crippen molar-refractivity contribution in [3.8, 4) is 0 Å². The van der Waals surface area contributed by atoms with Gasteiger partial charge in [0.15, 0.2) is 0 Å². The smallest absolute Gasteiger partial charge is 0.294 e. The number of halogens is 1. The summed E-state index contributed by atoms with van der Waals surface area (Å²) in [4.78, 5) is 12.9. The summed E-state index contributed by atoms with van der Waals surface area (Å²) in [5, 5.41) is 11.6. The summed E-state index contributed by atoms with van der Waals surface area (Å²) in [6, 6.07) is 5.03. The number of nitro groups is 1. The molecule has 1 N–H and O–H groups in total. The molecule has 0 atom stereocenters. The molecule has 0 aliphatic carbocycles. The fourth-order valence-corrected chi connectivity index (χ4v) is 1.48. The minimum atomic E-state index is -0.435. The van der Waals surface area contributed by atoms with Crippen LogP contribution in [-0.4, -0.2) is 9.91 Å². The Hall–Kier alpha value is -1.55. The van der Waals surface area contributed by atoms with Gasteiger partial charge in [0.1, 0.15) is 0 Å². The van der Waals surface area contributed by atoms with Gasteiger partial charge in [0, 0.05) is 0 Å². The average molecular weight is 197 g/mol. The van der Waals surface area contributed by atoms with Crippen LogP contribution in [0.1, 0.15) is 0 Å². The van der Waals surface area contributed by atoms with E-state index in [0.29, 0.717) is 15.9 Å². The van der Waals surface area contributed by atoms with E-state index in [-0.39, 0.29) is 5.69 Å². The summed E-state index contributed by atoms with van der Waals surface area (Å²) in [7, 11) is 0. The maximum absolute atomic E-state index is 10.5. The summed E-state index contributed by atoms with van der Waals surface area (Å²) < 4.78 is 0. The Labute approximate surface area is 78.3 Å². The predicted octanol–water partition coefficient (Wildman–Crippen LogP) is 2.73. The highest BCUT2D eigenvalue weighted by Crippen LogP contribution is 2.29. The topological polar surface area (TPSA) is 58.9 Å². The van der Waals surface area contributed by atoms with Crippen LogP contribution < -0.4 is 0 Å². The Morgan fingerprint density at radius 1 is 1.46 bits per heavy atom. The number of aromatic amines is 1. The number of aromatic nitrogens is 1. The standard InChI is InChI=1S/C8H5ClN2O2/c9-6-3-1-2-5-7(11(12)13)4-10-8(5)6/h1-4,10H. The quantitative estimate of drug-likeness (QED) is 0.563. The van der Waals surface area contributed by atoms with Crippen molar-refractivity contribution >= 4 is 28.2 Å². The van der Waals surface area contributed by atoms with Crippen molar-refractivity contribution in [2.75, 3.05) is 0 Å². The molecule has 1 aromatic carbocycles. The van der Waals surface area contributed by atoms with Crippen LogP contribution in [0.25, 0.3) is 10.9 Å². The zero-order chi connectivity index (χ0) is 9.42. The van der Waals surface area contributed by atoms with Gasteiger partial charge in [-0.15, -0.1) is 0 Å². The molecule has 5 heteroatoms. The van der Waals surface area contributed by atoms with E-state index >= 15 is 0 Å². The first-order chi connectivity index (χ1) is 6.20. The Bertz CT molecular complexity index is 478. The molecule has 2 aromatic rings. The first-order valence-electron chi connectivity index (χ1n) is 3.60. The Balaban J connectivity index is 2.83. The molecule has 0 radical (unpaired) electrons. The van der Waals surface area contributed by atoms with Gasteiger partial charge in [0.2, 0.25) is 0 Å². The number of benzene rings is 1. The van der Waals surface area contributed by atoms with Gasteiger partial charge in [-0.1, -0.05) is 17.7 Å². The minimum Gasteiger partial charge on any atom is -0.354 e. The zero-order valence-corrected chi connectivity index (χ0v) is 7.21. The molecular formula is C8H5ClN2O2. The van der Waals surface area contributed by atoms with Crippen LogP contribution in [0.3, 0.4) is 0 Å². The number of hydrogen-bond acceptors (Lipinski definition) is 2. The largest absolute Gasteiger partial charge is 0.354 e. The molecular weight excluding hydrogens is 192 g/mol. The maximum atomic E-state index is 10.5. The van der Waals surface area contributed by atoms with Crippen molar-refractivity contribution < 1.29 is 4.92 Å². The summed E-state index contributed by atoms with van der Waals surface area (Å²) >= 11 is 5.82. The van der Waals surface area contributed by atoms with E-state index in [9.17, 15) is 10.1 Å². The van der Waals surface area contributed by atoms with Crippen LogP contribution in [0.2, 0.25) is 5.02 Å². The van der Waals surface area contributed by atoms with E-state index in [1.807, 2.05) is 0 Å². The van der Waals surface area contributed by atoms with E-state index in [2.05, 4.69) is 4.98 Å². The van der Waals surface area contributed by atoms with Gasteiger partial charge in [0.05, 0.1) is 27.0 Å². The van der Waals surface area contributed by atoms with Crippen molar-refractivity contribution in [3.05, 3.63) is 39.5 Å². The molecule has 0 saturated heterocycles. The molecule has 0 unspecified atom stereocenters. The highest BCUT2D eigenvalue weighted by atomic mass is 35.5. The van der Waals surface area contributed by atoms with Crippen molar-refractivity contribution in [2.45, 2.75) is 0 Å². The monoisotopic (exact) mass is 196 g/mol. The van der Waals surface area contributed by atoms with Gasteiger partial charge < -0.3 is 4.98 Å². The molecule has 0 saturated carbocycles. The van der Waals surface area contributed by atoms with E-state index in [1.54, 1.807) is 18.2 Å². The fraction of sp³-hybridized carbons (Fsp3) is 0. The molecule has 1 aromatic heterocycles. The average Bonchev–Trinajstić information content (AvgIpc) is 2.48. The van der Waals surface area contributed by atoms with Crippen LogP contribution >= 0.6 is 11.6 Å². The lowest BCUT2D eigenvalue weighted by atomic mass is 10.2. The molecule has 13 heavy (non-hydrogen) atoms. The summed E-state index contributed by atoms with van der Waals surface area (Å²) in [5.74, 6) is 0. The van der Waals surface area contributed by atoms with Gasteiger partial charge >= 0.3 is 0 Å². The summed E-state index contributed by atoms with van der Waals surface area (Å²) in [6.07, 6.45) is 1.34. The number of nitrogens with one attached hydrogen (secondary N) is 1. The zero-order valence-electron chi connectivity index (χ0n) is 6.45. The van der Waals surface area contributed by atoms with Crippen LogP contribution in [0.15, 0.2) is 24.4 Å². The number of fused-ring (bicyclic) bond motifs is 1. The fourth-order valence-electron chi connectivity index (χ4n) is 1.25. The van der Waals surface area contributed by atoms with E-state index in [4.69, 9.17) is 11.6 Å². The molecule has 2 rings (SSSR count). The predicted molar refractivity (Wildman–Crippen MR) is 50.0 cm³/mol. The minimum absolute atomic E-state index is 0.0532. The van der Waals surface area contributed by atoms with Crippen LogP contribution in [0, 0.1) is 10.1 Å². The van der Waals surface area contributed by atoms with E-state index in [1.165, 1.54) is 6.20 Å². The van der Waals surface area contributed by atoms with Crippen LogP contribution in [0.5, 0.6) is 0 Å². The first-order valence-corrected chi connectivity index (χ1v) is 3.98. The number of rotatable bonds is 1. The molecule has 0 amide bonds. The molecule has 0 aliphatic heterocycles. The normalized spacial score (nSPS) is 10.5. The maximum Gasteiger partial charge on any atom is 0.294 e. The third-order valence-electron chi connectivity index (χ3n) is 1.84. The van der Waals surface area contributed by atoms with Crippen molar-refractivity contribution in [1.29, 1.82) is 0 Å². The van der Waals surface area contributed by atoms with Gasteiger partial charge in [0.25, 0.3) is 5.69 Å². The summed E-state index contributed by atoms with van der Waals surface area (Å²) in [5.41, 5.74) is 0.661. The van der Waals surface area contributed by atoms with Gasteiger partial charge in [-0.05, 0) is 12.1 Å². The second kappa shape index (κ2) is 2.74. The molecule has 0 spiro atoms. The lowest BCUT2D eigenvalue weighted by Crippen LogP contribution is -1.84. The molecule has 66 valence electrons. The third-order valence-corrected chi connectivity index (χ3v) is 2.15. The summed E-state index contributed by atoms with van der Waals surface area (Å²) in [6.45, 7) is 0. The lowest BCUT2D eigenvalue weighted by Gasteiger charge is -1.91. The number of nitrogens with zero attached hydrogens (tertiary/aromatic N) is 1. The van der Waals surface area contributed by atoms with E-state index in [0.717, 1.165) is 0 Å². The Morgan fingerprint density at radius 3 is 2.92 bits per heavy atom. The SMILES string of the molecule is O=[N+]([O-])c1c[nH]c2c(Cl)cccc12. The second-order valence-electron chi connectivity index (χ2n) is 2.59. The Morgan fingerprint density at radius 2 is 2.23 bits per heavy atom. The lowest BCUT2D eigenvalue weighted by molar-refractivity contribution is -0.383. The van der Waals surface area contributed by atoms with E-state index < -0.39 is 4.92 Å². The highest BCUT2D eigenvalue weighted by Gasteiger charge is 2.14. The molecule has 4 nitrogen and oxygen atoms in total. The first kappa shape index (κ1) is 8.07. The van der Waals surface area contributed by atoms with Gasteiger partial charge in [-0.2, -0.15) is 0 Å². The van der Waals surface area contributed by atoms with Gasteiger partial charge in [-0.25, -0.2) is 0 Å². The molecule has 0 bridgehead atoms. The molecule has 1 heterocycles. The van der Waals surface area contributed by atoms with Crippen molar-refractivity contribution in [3.63, 3.8) is 0 Å². The van der Waals surface area contributed by atoms with Gasteiger partial charge in [-0.3, -0.25) is 10.1 Å². The molecule has 0 fully saturated rings. The second-order valence-corrected chi connectivity index (χ2v) is 3.00. The highest BCUT2D eigenvalue weighted by molar-refractivity contribution is 6.35. The number of para-hydroxylation sites is 1. The van der Waals surface area contributed by atoms with Crippen molar-refractivity contribution in [2.24, 2.45) is 0 Å². The number of hydrogen-bond donors (Lipinski definition) is 1. The molecule has 0 aliphatic rings. The van der Waals surface area contributed by atoms with Crippen LogP contribution in [-0.2, 0) is 0 Å². The Kier molecular flexibility index (Phi) is 1.70.